The third kappa shape index (κ3) is 5.93. The summed E-state index contributed by atoms with van der Waals surface area (Å²) in [6, 6.07) is -4.25. The van der Waals surface area contributed by atoms with Crippen molar-refractivity contribution in [1.82, 2.24) is 10.6 Å². The van der Waals surface area contributed by atoms with Crippen molar-refractivity contribution in [2.24, 2.45) is 0 Å². The van der Waals surface area contributed by atoms with Crippen molar-refractivity contribution in [2.75, 3.05) is 0 Å². The van der Waals surface area contributed by atoms with E-state index < -0.39 is 54.2 Å². The van der Waals surface area contributed by atoms with Crippen molar-refractivity contribution in [3.63, 3.8) is 0 Å². The van der Waals surface area contributed by atoms with Gasteiger partial charge in [0.1, 0.15) is 12.1 Å². The van der Waals surface area contributed by atoms with E-state index in [1.165, 1.54) is 13.8 Å². The zero-order valence-electron chi connectivity index (χ0n) is 12.6. The van der Waals surface area contributed by atoms with Crippen LogP contribution in [0, 0.1) is 0 Å². The number of hydrogen-bond donors (Lipinski definition) is 6. The lowest BCUT2D eigenvalue weighted by molar-refractivity contribution is -0.419. The Morgan fingerprint density at radius 2 is 1.27 bits per heavy atom. The van der Waals surface area contributed by atoms with Crippen LogP contribution < -0.4 is 21.5 Å². The highest BCUT2D eigenvalue weighted by Crippen LogP contribution is 1.99. The van der Waals surface area contributed by atoms with Gasteiger partial charge < -0.3 is 41.6 Å². The Labute approximate surface area is 127 Å². The van der Waals surface area contributed by atoms with E-state index in [4.69, 9.17) is 0 Å². The molecule has 0 aromatic rings. The molecule has 0 saturated heterocycles. The van der Waals surface area contributed by atoms with E-state index in [9.17, 15) is 34.8 Å². The summed E-state index contributed by atoms with van der Waals surface area (Å²) in [5, 5.41) is 43.0. The molecule has 0 aromatic carbocycles. The number of carbonyl (C=O) groups excluding carboxylic acids is 3. The van der Waals surface area contributed by atoms with Gasteiger partial charge >= 0.3 is 0 Å². The van der Waals surface area contributed by atoms with Crippen molar-refractivity contribution in [2.45, 2.75) is 57.2 Å². The average molecular weight is 321 g/mol. The lowest BCUT2D eigenvalue weighted by Gasteiger charge is -2.27. The molecular weight excluding hydrogens is 298 g/mol. The molecule has 2 amide bonds. The molecule has 0 aliphatic heterocycles. The first-order valence-electron chi connectivity index (χ1n) is 6.67. The summed E-state index contributed by atoms with van der Waals surface area (Å²) in [5.74, 6) is -3.52. The highest BCUT2D eigenvalue weighted by atomic mass is 16.4. The first-order chi connectivity index (χ1) is 9.98. The van der Waals surface area contributed by atoms with Gasteiger partial charge in [0.05, 0.1) is 24.2 Å². The molecule has 0 saturated carbocycles. The molecule has 0 fully saturated rings. The largest absolute Gasteiger partial charge is 0.548 e. The molecule has 128 valence electrons. The van der Waals surface area contributed by atoms with Crippen molar-refractivity contribution < 1.29 is 40.5 Å². The molecule has 0 spiro atoms. The van der Waals surface area contributed by atoms with Gasteiger partial charge in [-0.1, -0.05) is 0 Å². The predicted molar refractivity (Wildman–Crippen MR) is 70.6 cm³/mol. The van der Waals surface area contributed by atoms with Gasteiger partial charge in [0.15, 0.2) is 6.04 Å². The molecule has 0 bridgehead atoms. The van der Waals surface area contributed by atoms with E-state index in [1.54, 1.807) is 0 Å². The topological polar surface area (TPSA) is 187 Å². The van der Waals surface area contributed by atoms with Crippen LogP contribution in [0.4, 0.5) is 0 Å². The van der Waals surface area contributed by atoms with Crippen LogP contribution in [0.15, 0.2) is 0 Å². The van der Waals surface area contributed by atoms with Crippen LogP contribution in [0.5, 0.6) is 0 Å². The number of quaternary nitrogens is 1. The standard InChI is InChI=1S/C12H23N3O7/c1-4(16)7(13)10(19)14-8(5(2)17)11(20)15-9(6(3)18)12(21)22/h4-9,16-18H,13H2,1-3H3,(H,14,19)(H,15,20)(H,21,22)/t4-,5-,6-,7+,8+,9+/m1/s1. The van der Waals surface area contributed by atoms with E-state index in [2.05, 4.69) is 11.1 Å². The predicted octanol–water partition coefficient (Wildman–Crippen LogP) is -5.54. The van der Waals surface area contributed by atoms with E-state index in [0.717, 1.165) is 6.92 Å². The number of carboxylic acids is 1. The summed E-state index contributed by atoms with van der Waals surface area (Å²) in [6.07, 6.45) is -3.86. The monoisotopic (exact) mass is 321 g/mol. The lowest BCUT2D eigenvalue weighted by Crippen LogP contribution is -2.73. The molecule has 22 heavy (non-hydrogen) atoms. The Hall–Kier alpha value is -1.75. The van der Waals surface area contributed by atoms with Crippen LogP contribution in [-0.4, -0.2) is 69.5 Å². The van der Waals surface area contributed by atoms with Gasteiger partial charge in [0.25, 0.3) is 5.91 Å². The van der Waals surface area contributed by atoms with Crippen molar-refractivity contribution >= 4 is 17.8 Å². The third-order valence-electron chi connectivity index (χ3n) is 3.02. The van der Waals surface area contributed by atoms with Crippen molar-refractivity contribution in [3.8, 4) is 0 Å². The SMILES string of the molecule is C[C@@H](O)[C@H]([NH3+])C(=O)N[C@H](C(=O)N[C@H](C(=O)[O-])[C@@H](C)O)[C@@H](C)O. The van der Waals surface area contributed by atoms with E-state index in [1.807, 2.05) is 5.32 Å². The Morgan fingerprint density at radius 3 is 1.59 bits per heavy atom. The van der Waals surface area contributed by atoms with Gasteiger partial charge in [0, 0.05) is 0 Å². The fraction of sp³-hybridized carbons (Fsp3) is 0.750. The maximum Gasteiger partial charge on any atom is 0.281 e. The van der Waals surface area contributed by atoms with E-state index in [-0.39, 0.29) is 0 Å². The van der Waals surface area contributed by atoms with Crippen LogP contribution >= 0.6 is 0 Å². The van der Waals surface area contributed by atoms with Crippen LogP contribution in [0.3, 0.4) is 0 Å². The Balaban J connectivity index is 4.99. The zero-order chi connectivity index (χ0) is 17.6. The van der Waals surface area contributed by atoms with Crippen LogP contribution in [-0.2, 0) is 14.4 Å². The summed E-state index contributed by atoms with van der Waals surface area (Å²) < 4.78 is 0. The van der Waals surface area contributed by atoms with Gasteiger partial charge in [-0.2, -0.15) is 0 Å². The summed E-state index contributed by atoms with van der Waals surface area (Å²) >= 11 is 0. The normalized spacial score (nSPS) is 19.2. The van der Waals surface area contributed by atoms with Crippen LogP contribution in [0.1, 0.15) is 20.8 Å². The zero-order valence-corrected chi connectivity index (χ0v) is 12.6. The molecule has 0 aliphatic carbocycles. The lowest BCUT2D eigenvalue weighted by atomic mass is 10.1. The maximum atomic E-state index is 12.0. The van der Waals surface area contributed by atoms with Gasteiger partial charge in [-0.25, -0.2) is 0 Å². The number of nitrogens with one attached hydrogen (secondary N) is 2. The minimum absolute atomic E-state index is 0.793. The first kappa shape index (κ1) is 20.2. The van der Waals surface area contributed by atoms with Gasteiger partial charge in [-0.15, -0.1) is 0 Å². The van der Waals surface area contributed by atoms with Crippen LogP contribution in [0.25, 0.3) is 0 Å². The van der Waals surface area contributed by atoms with Crippen LogP contribution in [0.2, 0.25) is 0 Å². The minimum atomic E-state index is -1.71. The highest BCUT2D eigenvalue weighted by Gasteiger charge is 2.32. The number of aliphatic hydroxyl groups is 3. The molecule has 0 rings (SSSR count). The number of carboxylic acid groups (broad SMARTS) is 1. The van der Waals surface area contributed by atoms with Crippen molar-refractivity contribution in [3.05, 3.63) is 0 Å². The molecule has 8 N–H and O–H groups in total. The second-order valence-electron chi connectivity index (χ2n) is 5.12. The molecule has 0 aromatic heterocycles. The molecule has 0 heterocycles. The Kier molecular flexibility index (Phi) is 7.95. The average Bonchev–Trinajstić information content (AvgIpc) is 2.39. The summed E-state index contributed by atoms with van der Waals surface area (Å²) in [5.41, 5.74) is 3.41. The molecule has 0 unspecified atom stereocenters. The highest BCUT2D eigenvalue weighted by molar-refractivity contribution is 5.91. The molecule has 10 heteroatoms. The second kappa shape index (κ2) is 8.63. The number of amides is 2. The van der Waals surface area contributed by atoms with Crippen molar-refractivity contribution in [1.29, 1.82) is 0 Å². The van der Waals surface area contributed by atoms with Gasteiger partial charge in [-0.05, 0) is 20.8 Å². The summed E-state index contributed by atoms with van der Waals surface area (Å²) in [4.78, 5) is 34.5. The third-order valence-corrected chi connectivity index (χ3v) is 3.02. The fourth-order valence-electron chi connectivity index (χ4n) is 1.50. The van der Waals surface area contributed by atoms with E-state index >= 15 is 0 Å². The number of aliphatic hydroxyl groups excluding tert-OH is 3. The Morgan fingerprint density at radius 1 is 0.864 bits per heavy atom. The second-order valence-corrected chi connectivity index (χ2v) is 5.12. The number of carbonyl (C=O) groups is 3. The quantitative estimate of drug-likeness (QED) is 0.257. The smallest absolute Gasteiger partial charge is 0.281 e. The Bertz CT molecular complexity index is 412. The van der Waals surface area contributed by atoms with Gasteiger partial charge in [-0.3, -0.25) is 9.59 Å². The number of hydrogen-bond acceptors (Lipinski definition) is 7. The van der Waals surface area contributed by atoms with E-state index in [0.29, 0.717) is 0 Å². The first-order valence-corrected chi connectivity index (χ1v) is 6.67. The maximum absolute atomic E-state index is 12.0. The number of rotatable bonds is 8. The molecule has 0 radical (unpaired) electrons. The molecular formula is C12H23N3O7. The fourth-order valence-corrected chi connectivity index (χ4v) is 1.50. The number of aliphatic carboxylic acids is 1. The summed E-state index contributed by atoms with van der Waals surface area (Å²) in [6.45, 7) is 3.67. The minimum Gasteiger partial charge on any atom is -0.548 e. The molecule has 0 aliphatic rings. The summed E-state index contributed by atoms with van der Waals surface area (Å²) in [7, 11) is 0. The molecule has 10 nitrogen and oxygen atoms in total. The van der Waals surface area contributed by atoms with Gasteiger partial charge in [0.2, 0.25) is 5.91 Å². The molecule has 6 atom stereocenters.